The normalized spacial score (nSPS) is 14.3. The number of carbonyl (C=O) groups excluding carboxylic acids is 1. The van der Waals surface area contributed by atoms with Crippen LogP contribution in [0.5, 0.6) is 0 Å². The summed E-state index contributed by atoms with van der Waals surface area (Å²) in [4.78, 5) is 16.8. The third-order valence-corrected chi connectivity index (χ3v) is 6.23. The van der Waals surface area contributed by atoms with Crippen LogP contribution < -0.4 is 16.0 Å². The molecule has 13 heteroatoms. The Morgan fingerprint density at radius 3 is 2.74 bits per heavy atom. The quantitative estimate of drug-likeness (QED) is 0.228. The molecule has 0 unspecified atom stereocenters. The molecule has 0 radical (unpaired) electrons. The van der Waals surface area contributed by atoms with E-state index in [4.69, 9.17) is 4.42 Å². The van der Waals surface area contributed by atoms with Crippen LogP contribution in [-0.4, -0.2) is 48.1 Å². The van der Waals surface area contributed by atoms with Crippen LogP contribution >= 0.6 is 0 Å². The van der Waals surface area contributed by atoms with Crippen molar-refractivity contribution >= 4 is 22.9 Å². The molecule has 200 valence electrons. The Morgan fingerprint density at radius 2 is 2.03 bits per heavy atom. The molecular formula is C25H28F2N8O3. The number of halogens is 2. The summed E-state index contributed by atoms with van der Waals surface area (Å²) in [6, 6.07) is 1.84. The van der Waals surface area contributed by atoms with Gasteiger partial charge >= 0.3 is 0 Å². The zero-order valence-corrected chi connectivity index (χ0v) is 21.1. The van der Waals surface area contributed by atoms with Crippen LogP contribution in [0.4, 0.5) is 20.3 Å². The number of anilines is 2. The van der Waals surface area contributed by atoms with Crippen LogP contribution in [0.3, 0.4) is 0 Å². The van der Waals surface area contributed by atoms with E-state index < -0.39 is 23.8 Å². The molecule has 38 heavy (non-hydrogen) atoms. The highest BCUT2D eigenvalue weighted by Crippen LogP contribution is 2.37. The van der Waals surface area contributed by atoms with Crippen LogP contribution in [0.2, 0.25) is 0 Å². The lowest BCUT2D eigenvalue weighted by Crippen LogP contribution is -2.27. The fourth-order valence-electron chi connectivity index (χ4n) is 4.10. The summed E-state index contributed by atoms with van der Waals surface area (Å²) in [6.07, 6.45) is 4.51. The van der Waals surface area contributed by atoms with Crippen molar-refractivity contribution in [1.29, 1.82) is 0 Å². The summed E-state index contributed by atoms with van der Waals surface area (Å²) in [5.41, 5.74) is 1.54. The predicted molar refractivity (Wildman–Crippen MR) is 134 cm³/mol. The minimum atomic E-state index is -0.944. The van der Waals surface area contributed by atoms with Gasteiger partial charge in [-0.1, -0.05) is 20.8 Å². The smallest absolute Gasteiger partial charge is 0.254 e. The molecule has 1 aliphatic carbocycles. The van der Waals surface area contributed by atoms with Crippen LogP contribution in [0.25, 0.3) is 17.0 Å². The van der Waals surface area contributed by atoms with Gasteiger partial charge in [-0.05, 0) is 36.8 Å². The van der Waals surface area contributed by atoms with Gasteiger partial charge in [0.25, 0.3) is 5.91 Å². The molecule has 4 N–H and O–H groups in total. The molecule has 0 aliphatic heterocycles. The van der Waals surface area contributed by atoms with Gasteiger partial charge in [-0.25, -0.2) is 18.3 Å². The number of hydrogen-bond donors (Lipinski definition) is 4. The predicted octanol–water partition coefficient (Wildman–Crippen LogP) is 3.63. The molecule has 4 aromatic rings. The van der Waals surface area contributed by atoms with Crippen LogP contribution in [0.15, 0.2) is 29.1 Å². The monoisotopic (exact) mass is 526 g/mol. The molecule has 1 amide bonds. The molecule has 1 aromatic carbocycles. The summed E-state index contributed by atoms with van der Waals surface area (Å²) in [5.74, 6) is -1.67. The molecule has 1 saturated carbocycles. The first kappa shape index (κ1) is 25.7. The summed E-state index contributed by atoms with van der Waals surface area (Å²) < 4.78 is 36.6. The van der Waals surface area contributed by atoms with E-state index in [-0.39, 0.29) is 41.5 Å². The van der Waals surface area contributed by atoms with Gasteiger partial charge in [0.2, 0.25) is 11.8 Å². The lowest BCUT2D eigenvalue weighted by atomic mass is 10.00. The second kappa shape index (κ2) is 10.4. The maximum Gasteiger partial charge on any atom is 0.254 e. The van der Waals surface area contributed by atoms with Crippen molar-refractivity contribution in [2.24, 2.45) is 0 Å². The van der Waals surface area contributed by atoms with E-state index in [1.54, 1.807) is 10.7 Å². The third kappa shape index (κ3) is 5.20. The molecule has 0 spiro atoms. The zero-order valence-electron chi connectivity index (χ0n) is 21.1. The standard InChI is InChI=1S/C25H28F2N8O3/c1-4-19(36)28-9-20-33-34-25(38-20)15-10-35-22(21(15)12(2)3)23(29-11-30-35)32-18-7-14(16(26)8-17(18)27)24(37)31-13-5-6-13/h7-8,10-13,19,28,36H,4-6,9H2,1-3H3,(H,31,37)(H,29,30,32)/t19-/m0/s1. The fraction of sp³-hybridized carbons (Fsp3) is 0.400. The molecular weight excluding hydrogens is 498 g/mol. The number of amides is 1. The molecule has 0 saturated heterocycles. The van der Waals surface area contributed by atoms with Gasteiger partial charge in [-0.15, -0.1) is 10.2 Å². The zero-order chi connectivity index (χ0) is 27.0. The molecule has 1 atom stereocenters. The number of carbonyl (C=O) groups is 1. The van der Waals surface area contributed by atoms with Crippen molar-refractivity contribution in [1.82, 2.24) is 35.4 Å². The van der Waals surface area contributed by atoms with E-state index in [1.807, 2.05) is 20.8 Å². The SMILES string of the molecule is CC[C@H](O)NCc1nnc(-c2cn3ncnc(Nc4cc(C(=O)NC5CC5)c(F)cc4F)c3c2C(C)C)o1. The number of aliphatic hydroxyl groups is 1. The second-order valence-electron chi connectivity index (χ2n) is 9.50. The molecule has 3 aromatic heterocycles. The van der Waals surface area contributed by atoms with Crippen molar-refractivity contribution in [2.45, 2.75) is 64.8 Å². The Hall–Kier alpha value is -3.97. The maximum absolute atomic E-state index is 14.8. The molecule has 3 heterocycles. The number of aromatic nitrogens is 5. The lowest BCUT2D eigenvalue weighted by Gasteiger charge is -2.13. The van der Waals surface area contributed by atoms with Gasteiger partial charge in [-0.2, -0.15) is 5.10 Å². The van der Waals surface area contributed by atoms with Gasteiger partial charge in [0.05, 0.1) is 23.4 Å². The van der Waals surface area contributed by atoms with E-state index in [2.05, 4.69) is 36.2 Å². The minimum Gasteiger partial charge on any atom is -0.419 e. The Balaban J connectivity index is 1.51. The summed E-state index contributed by atoms with van der Waals surface area (Å²) >= 11 is 0. The first-order chi connectivity index (χ1) is 18.2. The van der Waals surface area contributed by atoms with Crippen molar-refractivity contribution in [3.63, 3.8) is 0 Å². The van der Waals surface area contributed by atoms with E-state index in [1.165, 1.54) is 6.33 Å². The molecule has 11 nitrogen and oxygen atoms in total. The number of aliphatic hydroxyl groups excluding tert-OH is 1. The van der Waals surface area contributed by atoms with Crippen molar-refractivity contribution in [2.75, 3.05) is 5.32 Å². The van der Waals surface area contributed by atoms with Crippen molar-refractivity contribution in [3.8, 4) is 11.5 Å². The summed E-state index contributed by atoms with van der Waals surface area (Å²) in [5, 5.41) is 30.7. The number of hydrogen-bond acceptors (Lipinski definition) is 9. The Morgan fingerprint density at radius 1 is 1.24 bits per heavy atom. The average molecular weight is 527 g/mol. The average Bonchev–Trinajstić information content (AvgIpc) is 3.41. The number of nitrogens with zero attached hydrogens (tertiary/aromatic N) is 5. The van der Waals surface area contributed by atoms with E-state index in [0.29, 0.717) is 29.5 Å². The maximum atomic E-state index is 14.8. The van der Waals surface area contributed by atoms with Crippen LogP contribution in [-0.2, 0) is 6.54 Å². The van der Waals surface area contributed by atoms with Gasteiger partial charge in [-0.3, -0.25) is 10.1 Å². The molecule has 0 bridgehead atoms. The van der Waals surface area contributed by atoms with Gasteiger partial charge < -0.3 is 20.2 Å². The Kier molecular flexibility index (Phi) is 7.04. The Labute approximate surface area is 216 Å². The van der Waals surface area contributed by atoms with E-state index in [0.717, 1.165) is 24.5 Å². The fourth-order valence-corrected chi connectivity index (χ4v) is 4.10. The molecule has 5 rings (SSSR count). The summed E-state index contributed by atoms with van der Waals surface area (Å²) in [7, 11) is 0. The topological polar surface area (TPSA) is 142 Å². The van der Waals surface area contributed by atoms with E-state index >= 15 is 0 Å². The second-order valence-corrected chi connectivity index (χ2v) is 9.50. The highest BCUT2D eigenvalue weighted by molar-refractivity contribution is 5.96. The highest BCUT2D eigenvalue weighted by Gasteiger charge is 2.27. The number of benzene rings is 1. The first-order valence-electron chi connectivity index (χ1n) is 12.4. The largest absolute Gasteiger partial charge is 0.419 e. The van der Waals surface area contributed by atoms with Crippen LogP contribution in [0, 0.1) is 11.6 Å². The van der Waals surface area contributed by atoms with Gasteiger partial charge in [0.15, 0.2) is 5.82 Å². The lowest BCUT2D eigenvalue weighted by molar-refractivity contribution is 0.0947. The number of fused-ring (bicyclic) bond motifs is 1. The van der Waals surface area contributed by atoms with Crippen molar-refractivity contribution < 1.29 is 23.1 Å². The number of rotatable bonds is 10. The minimum absolute atomic E-state index is 0.0234. The number of nitrogens with one attached hydrogen (secondary N) is 3. The molecule has 1 aliphatic rings. The Bertz CT molecular complexity index is 1480. The van der Waals surface area contributed by atoms with Crippen LogP contribution in [0.1, 0.15) is 67.8 Å². The molecule has 1 fully saturated rings. The summed E-state index contributed by atoms with van der Waals surface area (Å²) in [6.45, 7) is 5.96. The highest BCUT2D eigenvalue weighted by atomic mass is 19.1. The third-order valence-electron chi connectivity index (χ3n) is 6.23. The van der Waals surface area contributed by atoms with Gasteiger partial charge in [0.1, 0.15) is 29.7 Å². The van der Waals surface area contributed by atoms with Crippen molar-refractivity contribution in [3.05, 3.63) is 53.3 Å². The van der Waals surface area contributed by atoms with E-state index in [9.17, 15) is 18.7 Å². The first-order valence-corrected chi connectivity index (χ1v) is 12.4. The van der Waals surface area contributed by atoms with Gasteiger partial charge in [0, 0.05) is 18.3 Å².